The zero-order chi connectivity index (χ0) is 15.1. The Morgan fingerprint density at radius 1 is 0.762 bits per heavy atom. The van der Waals surface area contributed by atoms with Gasteiger partial charge in [-0.15, -0.1) is 0 Å². The van der Waals surface area contributed by atoms with Gasteiger partial charge in [0.25, 0.3) is 11.8 Å². The second kappa shape index (κ2) is 7.59. The number of halogens is 1. The number of hydrogen-bond donors (Lipinski definition) is 2. The minimum absolute atomic E-state index is 0.145. The van der Waals surface area contributed by atoms with E-state index in [4.69, 9.17) is 0 Å². The van der Waals surface area contributed by atoms with E-state index in [1.165, 1.54) is 0 Å². The monoisotopic (exact) mass is 346 g/mol. The van der Waals surface area contributed by atoms with Crippen molar-refractivity contribution in [2.45, 2.75) is 0 Å². The van der Waals surface area contributed by atoms with E-state index in [0.29, 0.717) is 24.2 Å². The summed E-state index contributed by atoms with van der Waals surface area (Å²) < 4.78 is 0.925. The van der Waals surface area contributed by atoms with Gasteiger partial charge in [-0.05, 0) is 36.4 Å². The maximum Gasteiger partial charge on any atom is 0.251 e. The van der Waals surface area contributed by atoms with Crippen molar-refractivity contribution in [3.05, 3.63) is 70.2 Å². The third-order valence-corrected chi connectivity index (χ3v) is 3.37. The molecule has 2 aromatic carbocycles. The lowest BCUT2D eigenvalue weighted by molar-refractivity contribution is 0.0927. The molecule has 2 rings (SSSR count). The molecule has 2 aromatic rings. The minimum atomic E-state index is -0.156. The van der Waals surface area contributed by atoms with Gasteiger partial charge in [0, 0.05) is 28.7 Å². The molecular formula is C16H15BrN2O2. The highest BCUT2D eigenvalue weighted by atomic mass is 79.9. The van der Waals surface area contributed by atoms with Crippen LogP contribution in [0.4, 0.5) is 0 Å². The largest absolute Gasteiger partial charge is 0.350 e. The van der Waals surface area contributed by atoms with Crippen LogP contribution >= 0.6 is 15.9 Å². The van der Waals surface area contributed by atoms with Gasteiger partial charge in [0.05, 0.1) is 0 Å². The first kappa shape index (κ1) is 15.3. The number of carbonyl (C=O) groups excluding carboxylic acids is 2. The molecule has 0 radical (unpaired) electrons. The summed E-state index contributed by atoms with van der Waals surface area (Å²) in [5.41, 5.74) is 1.20. The van der Waals surface area contributed by atoms with E-state index in [-0.39, 0.29) is 11.8 Å². The van der Waals surface area contributed by atoms with Crippen molar-refractivity contribution in [1.82, 2.24) is 10.6 Å². The second-order valence-electron chi connectivity index (χ2n) is 4.38. The molecule has 0 aliphatic rings. The quantitative estimate of drug-likeness (QED) is 0.817. The first-order valence-corrected chi connectivity index (χ1v) is 7.33. The number of rotatable bonds is 5. The van der Waals surface area contributed by atoms with Crippen LogP contribution in [0.25, 0.3) is 0 Å². The fourth-order valence-corrected chi connectivity index (χ4v) is 2.01. The summed E-state index contributed by atoms with van der Waals surface area (Å²) in [7, 11) is 0. The summed E-state index contributed by atoms with van der Waals surface area (Å²) in [5, 5.41) is 5.51. The van der Waals surface area contributed by atoms with E-state index in [2.05, 4.69) is 26.6 Å². The molecular weight excluding hydrogens is 332 g/mol. The summed E-state index contributed by atoms with van der Waals surface area (Å²) in [6, 6.07) is 16.1. The molecule has 0 aromatic heterocycles. The van der Waals surface area contributed by atoms with E-state index in [9.17, 15) is 9.59 Å². The summed E-state index contributed by atoms with van der Waals surface area (Å²) in [6.45, 7) is 0.767. The van der Waals surface area contributed by atoms with Gasteiger partial charge in [-0.3, -0.25) is 9.59 Å². The average molecular weight is 347 g/mol. The van der Waals surface area contributed by atoms with E-state index in [1.54, 1.807) is 24.3 Å². The highest BCUT2D eigenvalue weighted by Crippen LogP contribution is 2.10. The van der Waals surface area contributed by atoms with E-state index < -0.39 is 0 Å². The molecule has 0 saturated carbocycles. The molecule has 0 saturated heterocycles. The van der Waals surface area contributed by atoms with Gasteiger partial charge in [-0.2, -0.15) is 0 Å². The number of carbonyl (C=O) groups is 2. The molecule has 2 N–H and O–H groups in total. The van der Waals surface area contributed by atoms with Crippen LogP contribution in [0.3, 0.4) is 0 Å². The van der Waals surface area contributed by atoms with Crippen LogP contribution in [-0.4, -0.2) is 24.9 Å². The Morgan fingerprint density at radius 2 is 1.24 bits per heavy atom. The average Bonchev–Trinajstić information content (AvgIpc) is 2.52. The lowest BCUT2D eigenvalue weighted by Crippen LogP contribution is -2.34. The molecule has 0 bridgehead atoms. The Balaban J connectivity index is 1.73. The van der Waals surface area contributed by atoms with Crippen LogP contribution in [0.15, 0.2) is 59.1 Å². The van der Waals surface area contributed by atoms with E-state index in [1.807, 2.05) is 30.3 Å². The molecule has 0 aliphatic heterocycles. The number of hydrogen-bond acceptors (Lipinski definition) is 2. The van der Waals surface area contributed by atoms with Crippen LogP contribution in [0.5, 0.6) is 0 Å². The van der Waals surface area contributed by atoms with Gasteiger partial charge < -0.3 is 10.6 Å². The van der Waals surface area contributed by atoms with Crippen molar-refractivity contribution >= 4 is 27.7 Å². The number of nitrogens with one attached hydrogen (secondary N) is 2. The highest BCUT2D eigenvalue weighted by molar-refractivity contribution is 9.10. The van der Waals surface area contributed by atoms with E-state index >= 15 is 0 Å². The summed E-state index contributed by atoms with van der Waals surface area (Å²) in [4.78, 5) is 23.6. The zero-order valence-corrected chi connectivity index (χ0v) is 12.9. The standard InChI is InChI=1S/C16H15BrN2O2/c17-14-8-6-13(7-9-14)16(21)19-11-10-18-15(20)12-4-2-1-3-5-12/h1-9H,10-11H2,(H,18,20)(H,19,21). The van der Waals surface area contributed by atoms with Crippen molar-refractivity contribution in [3.63, 3.8) is 0 Å². The lowest BCUT2D eigenvalue weighted by Gasteiger charge is -2.07. The minimum Gasteiger partial charge on any atom is -0.350 e. The number of benzene rings is 2. The van der Waals surface area contributed by atoms with Crippen LogP contribution in [0, 0.1) is 0 Å². The predicted octanol–water partition coefficient (Wildman–Crippen LogP) is 2.61. The Morgan fingerprint density at radius 3 is 1.76 bits per heavy atom. The van der Waals surface area contributed by atoms with Crippen molar-refractivity contribution in [3.8, 4) is 0 Å². The second-order valence-corrected chi connectivity index (χ2v) is 5.30. The van der Waals surface area contributed by atoms with Crippen molar-refractivity contribution < 1.29 is 9.59 Å². The van der Waals surface area contributed by atoms with Gasteiger partial charge in [-0.1, -0.05) is 34.1 Å². The van der Waals surface area contributed by atoms with Crippen LogP contribution in [0.2, 0.25) is 0 Å². The molecule has 0 spiro atoms. The van der Waals surface area contributed by atoms with Crippen molar-refractivity contribution in [1.29, 1.82) is 0 Å². The normalized spacial score (nSPS) is 9.95. The molecule has 0 heterocycles. The Kier molecular flexibility index (Phi) is 5.51. The summed E-state index contributed by atoms with van der Waals surface area (Å²) >= 11 is 3.32. The van der Waals surface area contributed by atoms with Crippen LogP contribution < -0.4 is 10.6 Å². The smallest absolute Gasteiger partial charge is 0.251 e. The van der Waals surface area contributed by atoms with Gasteiger partial charge in [0.15, 0.2) is 0 Å². The fraction of sp³-hybridized carbons (Fsp3) is 0.125. The zero-order valence-electron chi connectivity index (χ0n) is 11.3. The molecule has 108 valence electrons. The predicted molar refractivity (Wildman–Crippen MR) is 85.3 cm³/mol. The highest BCUT2D eigenvalue weighted by Gasteiger charge is 2.06. The third-order valence-electron chi connectivity index (χ3n) is 2.84. The molecule has 5 heteroatoms. The molecule has 0 fully saturated rings. The molecule has 0 aliphatic carbocycles. The molecule has 4 nitrogen and oxygen atoms in total. The number of amides is 2. The summed E-state index contributed by atoms with van der Waals surface area (Å²) in [5.74, 6) is -0.301. The van der Waals surface area contributed by atoms with Crippen LogP contribution in [0.1, 0.15) is 20.7 Å². The molecule has 0 unspecified atom stereocenters. The fourth-order valence-electron chi connectivity index (χ4n) is 1.75. The third kappa shape index (κ3) is 4.72. The van der Waals surface area contributed by atoms with E-state index in [0.717, 1.165) is 4.47 Å². The Bertz CT molecular complexity index is 612. The van der Waals surface area contributed by atoms with Crippen molar-refractivity contribution in [2.75, 3.05) is 13.1 Å². The molecule has 0 atom stereocenters. The van der Waals surface area contributed by atoms with Gasteiger partial charge in [-0.25, -0.2) is 0 Å². The van der Waals surface area contributed by atoms with Gasteiger partial charge in [0.1, 0.15) is 0 Å². The summed E-state index contributed by atoms with van der Waals surface area (Å²) in [6.07, 6.45) is 0. The Hall–Kier alpha value is -2.14. The molecule has 2 amide bonds. The SMILES string of the molecule is O=C(NCCNC(=O)c1ccc(Br)cc1)c1ccccc1. The lowest BCUT2D eigenvalue weighted by atomic mass is 10.2. The topological polar surface area (TPSA) is 58.2 Å². The Labute approximate surface area is 131 Å². The van der Waals surface area contributed by atoms with Crippen LogP contribution in [-0.2, 0) is 0 Å². The van der Waals surface area contributed by atoms with Gasteiger partial charge >= 0.3 is 0 Å². The van der Waals surface area contributed by atoms with Crippen molar-refractivity contribution in [2.24, 2.45) is 0 Å². The molecule has 21 heavy (non-hydrogen) atoms. The maximum atomic E-state index is 11.8. The van der Waals surface area contributed by atoms with Gasteiger partial charge in [0.2, 0.25) is 0 Å². The first-order valence-electron chi connectivity index (χ1n) is 6.54. The maximum absolute atomic E-state index is 11.8. The first-order chi connectivity index (χ1) is 10.2.